The zero-order valence-corrected chi connectivity index (χ0v) is 12.0. The molecule has 1 atom stereocenters. The van der Waals surface area contributed by atoms with Crippen LogP contribution in [-0.2, 0) is 4.79 Å². The molecule has 0 aliphatic rings. The second kappa shape index (κ2) is 7.70. The van der Waals surface area contributed by atoms with Crippen LogP contribution in [0.15, 0.2) is 23.1 Å². The Kier molecular flexibility index (Phi) is 6.23. The lowest BCUT2D eigenvalue weighted by molar-refractivity contribution is -0.141. The standard InChI is InChI=1S/C14H18N2O2S/c1-10(14(17)18)5-4-8-16-12-6-3-7-13(19-2)11(12)9-15/h3,6-7,10,16H,4-5,8H2,1-2H3,(H,17,18). The number of carbonyl (C=O) groups is 1. The smallest absolute Gasteiger partial charge is 0.306 e. The van der Waals surface area contributed by atoms with Gasteiger partial charge in [-0.05, 0) is 31.2 Å². The van der Waals surface area contributed by atoms with E-state index in [-0.39, 0.29) is 5.92 Å². The van der Waals surface area contributed by atoms with Crippen molar-refractivity contribution in [1.82, 2.24) is 0 Å². The third-order valence-corrected chi connectivity index (χ3v) is 3.69. The van der Waals surface area contributed by atoms with Gasteiger partial charge in [-0.15, -0.1) is 11.8 Å². The Morgan fingerprint density at radius 1 is 1.58 bits per heavy atom. The van der Waals surface area contributed by atoms with E-state index in [1.807, 2.05) is 24.5 Å². The van der Waals surface area contributed by atoms with Crippen LogP contribution in [0.25, 0.3) is 0 Å². The van der Waals surface area contributed by atoms with Crippen LogP contribution in [0.3, 0.4) is 0 Å². The maximum atomic E-state index is 10.7. The number of aliphatic carboxylic acids is 1. The van der Waals surface area contributed by atoms with E-state index in [1.54, 1.807) is 18.7 Å². The summed E-state index contributed by atoms with van der Waals surface area (Å²) < 4.78 is 0. The van der Waals surface area contributed by atoms with E-state index in [4.69, 9.17) is 10.4 Å². The van der Waals surface area contributed by atoms with E-state index in [1.165, 1.54) is 0 Å². The van der Waals surface area contributed by atoms with Gasteiger partial charge in [0.05, 0.1) is 17.2 Å². The number of nitrogens with one attached hydrogen (secondary N) is 1. The Balaban J connectivity index is 2.55. The molecular formula is C14H18N2O2S. The van der Waals surface area contributed by atoms with E-state index in [2.05, 4.69) is 11.4 Å². The molecule has 5 heteroatoms. The normalized spacial score (nSPS) is 11.6. The molecular weight excluding hydrogens is 260 g/mol. The summed E-state index contributed by atoms with van der Waals surface area (Å²) in [5, 5.41) is 21.2. The average Bonchev–Trinajstić information content (AvgIpc) is 2.42. The molecule has 4 nitrogen and oxygen atoms in total. The van der Waals surface area contributed by atoms with Gasteiger partial charge in [-0.25, -0.2) is 0 Å². The van der Waals surface area contributed by atoms with Crippen molar-refractivity contribution in [2.45, 2.75) is 24.7 Å². The molecule has 0 amide bonds. The molecule has 2 N–H and O–H groups in total. The molecule has 0 fully saturated rings. The number of thioether (sulfide) groups is 1. The van der Waals surface area contributed by atoms with E-state index in [0.717, 1.165) is 17.0 Å². The highest BCUT2D eigenvalue weighted by Crippen LogP contribution is 2.26. The van der Waals surface area contributed by atoms with E-state index < -0.39 is 5.97 Å². The Bertz CT molecular complexity index is 483. The highest BCUT2D eigenvalue weighted by Gasteiger charge is 2.10. The van der Waals surface area contributed by atoms with Crippen LogP contribution in [0.2, 0.25) is 0 Å². The summed E-state index contributed by atoms with van der Waals surface area (Å²) in [4.78, 5) is 11.6. The number of rotatable bonds is 7. The van der Waals surface area contributed by atoms with E-state index in [0.29, 0.717) is 18.5 Å². The van der Waals surface area contributed by atoms with Gasteiger partial charge in [0.15, 0.2) is 0 Å². The summed E-state index contributed by atoms with van der Waals surface area (Å²) in [5.74, 6) is -1.09. The fourth-order valence-corrected chi connectivity index (χ4v) is 2.29. The van der Waals surface area contributed by atoms with Crippen molar-refractivity contribution in [3.63, 3.8) is 0 Å². The Morgan fingerprint density at radius 3 is 2.89 bits per heavy atom. The molecule has 19 heavy (non-hydrogen) atoms. The largest absolute Gasteiger partial charge is 0.481 e. The summed E-state index contributed by atoms with van der Waals surface area (Å²) in [5.41, 5.74) is 1.47. The fraction of sp³-hybridized carbons (Fsp3) is 0.429. The van der Waals surface area contributed by atoms with Crippen molar-refractivity contribution < 1.29 is 9.90 Å². The molecule has 0 heterocycles. The molecule has 1 unspecified atom stereocenters. The maximum absolute atomic E-state index is 10.7. The number of nitriles is 1. The minimum Gasteiger partial charge on any atom is -0.481 e. The van der Waals surface area contributed by atoms with Crippen molar-refractivity contribution in [3.05, 3.63) is 23.8 Å². The van der Waals surface area contributed by atoms with Crippen LogP contribution in [0.1, 0.15) is 25.3 Å². The van der Waals surface area contributed by atoms with Crippen LogP contribution >= 0.6 is 11.8 Å². The maximum Gasteiger partial charge on any atom is 0.306 e. The molecule has 0 radical (unpaired) electrons. The lowest BCUT2D eigenvalue weighted by atomic mass is 10.1. The summed E-state index contributed by atoms with van der Waals surface area (Å²) in [6, 6.07) is 7.91. The molecule has 0 saturated carbocycles. The molecule has 0 aliphatic heterocycles. The zero-order valence-electron chi connectivity index (χ0n) is 11.1. The number of anilines is 1. The number of hydrogen-bond acceptors (Lipinski definition) is 4. The molecule has 1 aromatic carbocycles. The van der Waals surface area contributed by atoms with Crippen molar-refractivity contribution in [2.24, 2.45) is 5.92 Å². The predicted octanol–water partition coefficient (Wildman–Crippen LogP) is 3.19. The predicted molar refractivity (Wildman–Crippen MR) is 77.5 cm³/mol. The van der Waals surface area contributed by atoms with Crippen molar-refractivity contribution >= 4 is 23.4 Å². The van der Waals surface area contributed by atoms with Crippen molar-refractivity contribution in [1.29, 1.82) is 5.26 Å². The average molecular weight is 278 g/mol. The molecule has 102 valence electrons. The van der Waals surface area contributed by atoms with E-state index in [9.17, 15) is 4.79 Å². The van der Waals surface area contributed by atoms with Crippen LogP contribution in [0, 0.1) is 17.2 Å². The van der Waals surface area contributed by atoms with Gasteiger partial charge in [0.2, 0.25) is 0 Å². The Hall–Kier alpha value is -1.67. The summed E-state index contributed by atoms with van der Waals surface area (Å²) in [6.07, 6.45) is 3.34. The SMILES string of the molecule is CSc1cccc(NCCCC(C)C(=O)O)c1C#N. The van der Waals surface area contributed by atoms with Gasteiger partial charge in [-0.2, -0.15) is 5.26 Å². The van der Waals surface area contributed by atoms with Crippen LogP contribution in [-0.4, -0.2) is 23.9 Å². The number of nitrogens with zero attached hydrogens (tertiary/aromatic N) is 1. The first-order chi connectivity index (χ1) is 9.10. The minimum absolute atomic E-state index is 0.324. The molecule has 0 aromatic heterocycles. The molecule has 0 saturated heterocycles. The number of carboxylic acid groups (broad SMARTS) is 1. The lowest BCUT2D eigenvalue weighted by Gasteiger charge is -2.11. The highest BCUT2D eigenvalue weighted by atomic mass is 32.2. The second-order valence-electron chi connectivity index (χ2n) is 4.30. The van der Waals surface area contributed by atoms with Crippen LogP contribution in [0.5, 0.6) is 0 Å². The number of hydrogen-bond donors (Lipinski definition) is 2. The summed E-state index contributed by atoms with van der Waals surface area (Å²) >= 11 is 1.54. The zero-order chi connectivity index (χ0) is 14.3. The highest BCUT2D eigenvalue weighted by molar-refractivity contribution is 7.98. The fourth-order valence-electron chi connectivity index (χ4n) is 1.72. The van der Waals surface area contributed by atoms with Crippen LogP contribution < -0.4 is 5.32 Å². The first-order valence-electron chi connectivity index (χ1n) is 6.14. The third-order valence-electron chi connectivity index (χ3n) is 2.91. The Labute approximate surface area is 117 Å². The van der Waals surface area contributed by atoms with Gasteiger partial charge in [-0.3, -0.25) is 4.79 Å². The summed E-state index contributed by atoms with van der Waals surface area (Å²) in [7, 11) is 0. The molecule has 0 aliphatic carbocycles. The topological polar surface area (TPSA) is 73.1 Å². The van der Waals surface area contributed by atoms with Gasteiger partial charge < -0.3 is 10.4 Å². The second-order valence-corrected chi connectivity index (χ2v) is 5.15. The number of carboxylic acids is 1. The van der Waals surface area contributed by atoms with Gasteiger partial charge in [0.25, 0.3) is 0 Å². The molecule has 0 spiro atoms. The summed E-state index contributed by atoms with van der Waals surface area (Å²) in [6.45, 7) is 2.38. The molecule has 1 aromatic rings. The van der Waals surface area contributed by atoms with Gasteiger partial charge >= 0.3 is 5.97 Å². The quantitative estimate of drug-likeness (QED) is 0.592. The molecule has 1 rings (SSSR count). The van der Waals surface area contributed by atoms with Crippen LogP contribution in [0.4, 0.5) is 5.69 Å². The van der Waals surface area contributed by atoms with Gasteiger partial charge in [0, 0.05) is 11.4 Å². The third kappa shape index (κ3) is 4.49. The first-order valence-corrected chi connectivity index (χ1v) is 7.36. The minimum atomic E-state index is -0.762. The lowest BCUT2D eigenvalue weighted by Crippen LogP contribution is -2.12. The monoisotopic (exact) mass is 278 g/mol. The van der Waals surface area contributed by atoms with Gasteiger partial charge in [-0.1, -0.05) is 13.0 Å². The number of benzene rings is 1. The van der Waals surface area contributed by atoms with Crippen molar-refractivity contribution in [3.8, 4) is 6.07 Å². The van der Waals surface area contributed by atoms with E-state index >= 15 is 0 Å². The molecule has 0 bridgehead atoms. The Morgan fingerprint density at radius 2 is 2.32 bits per heavy atom. The first kappa shape index (κ1) is 15.4. The van der Waals surface area contributed by atoms with Gasteiger partial charge in [0.1, 0.15) is 6.07 Å². The van der Waals surface area contributed by atoms with Crippen molar-refractivity contribution in [2.75, 3.05) is 18.1 Å².